The molecule has 1 amide bonds. The zero-order valence-electron chi connectivity index (χ0n) is 17.4. The normalized spacial score (nSPS) is 23.2. The molecule has 3 aliphatic heterocycles. The van der Waals surface area contributed by atoms with E-state index in [1.54, 1.807) is 7.11 Å². The summed E-state index contributed by atoms with van der Waals surface area (Å²) in [7, 11) is 1.70. The number of pyridine rings is 1. The molecule has 30 heavy (non-hydrogen) atoms. The number of hydrogen-bond acceptors (Lipinski definition) is 6. The molecule has 0 radical (unpaired) electrons. The van der Waals surface area contributed by atoms with Gasteiger partial charge in [0.25, 0.3) is 0 Å². The summed E-state index contributed by atoms with van der Waals surface area (Å²) >= 11 is 0. The highest BCUT2D eigenvalue weighted by atomic mass is 16.5. The number of ether oxygens (including phenoxy) is 2. The summed E-state index contributed by atoms with van der Waals surface area (Å²) in [6, 6.07) is 12.3. The van der Waals surface area contributed by atoms with Gasteiger partial charge in [0.05, 0.1) is 31.8 Å². The van der Waals surface area contributed by atoms with Crippen molar-refractivity contribution in [1.82, 2.24) is 9.88 Å². The molecule has 3 aliphatic rings. The molecule has 1 spiro atoms. The monoisotopic (exact) mass is 408 g/mol. The zero-order valence-corrected chi connectivity index (χ0v) is 17.4. The largest absolute Gasteiger partial charge is 0.380 e. The Morgan fingerprint density at radius 2 is 1.77 bits per heavy atom. The van der Waals surface area contributed by atoms with Gasteiger partial charge in [-0.15, -0.1) is 0 Å². The van der Waals surface area contributed by atoms with Crippen molar-refractivity contribution >= 4 is 17.3 Å². The third kappa shape index (κ3) is 3.63. The molecule has 0 N–H and O–H groups in total. The standard InChI is InChI=1S/C23H28N4O3/c1-29-16-18-2-4-19(5-3-18)26-14-21(28)27-17-23(30-22(27)15-26)8-12-25(13-9-23)20-6-10-24-11-7-20/h2-7,10-11,22H,8-9,12-17H2,1H3. The number of piperazine rings is 1. The molecule has 3 fully saturated rings. The fourth-order valence-corrected chi connectivity index (χ4v) is 4.86. The number of hydrogen-bond donors (Lipinski definition) is 0. The van der Waals surface area contributed by atoms with Crippen LogP contribution < -0.4 is 9.80 Å². The number of amides is 1. The first-order chi connectivity index (χ1) is 14.7. The first-order valence-corrected chi connectivity index (χ1v) is 10.6. The van der Waals surface area contributed by atoms with E-state index in [4.69, 9.17) is 9.47 Å². The Balaban J connectivity index is 1.25. The quantitative estimate of drug-likeness (QED) is 0.774. The van der Waals surface area contributed by atoms with Crippen LogP contribution in [0.3, 0.4) is 0 Å². The van der Waals surface area contributed by atoms with Crippen molar-refractivity contribution < 1.29 is 14.3 Å². The van der Waals surface area contributed by atoms with Crippen molar-refractivity contribution in [2.75, 3.05) is 49.6 Å². The van der Waals surface area contributed by atoms with Gasteiger partial charge < -0.3 is 24.2 Å². The minimum Gasteiger partial charge on any atom is -0.380 e. The van der Waals surface area contributed by atoms with Gasteiger partial charge in [-0.1, -0.05) is 12.1 Å². The van der Waals surface area contributed by atoms with E-state index < -0.39 is 0 Å². The molecule has 0 saturated carbocycles. The number of fused-ring (bicyclic) bond motifs is 1. The third-order valence-corrected chi connectivity index (χ3v) is 6.53. The molecule has 0 aliphatic carbocycles. The average Bonchev–Trinajstić information content (AvgIpc) is 3.14. The molecule has 1 unspecified atom stereocenters. The number of methoxy groups -OCH3 is 1. The summed E-state index contributed by atoms with van der Waals surface area (Å²) in [6.07, 6.45) is 5.36. The molecular weight excluding hydrogens is 380 g/mol. The predicted octanol–water partition coefficient (Wildman–Crippen LogP) is 2.27. The van der Waals surface area contributed by atoms with Crippen LogP contribution in [0.4, 0.5) is 11.4 Å². The maximum Gasteiger partial charge on any atom is 0.244 e. The summed E-state index contributed by atoms with van der Waals surface area (Å²) in [5, 5.41) is 0. The Morgan fingerprint density at radius 3 is 2.47 bits per heavy atom. The number of carbonyl (C=O) groups is 1. The summed E-state index contributed by atoms with van der Waals surface area (Å²) in [5.41, 5.74) is 3.17. The highest BCUT2D eigenvalue weighted by Crippen LogP contribution is 2.38. The van der Waals surface area contributed by atoms with Crippen LogP contribution in [0.5, 0.6) is 0 Å². The zero-order chi connectivity index (χ0) is 20.6. The van der Waals surface area contributed by atoms with Crippen molar-refractivity contribution in [3.63, 3.8) is 0 Å². The number of piperidine rings is 1. The molecule has 3 saturated heterocycles. The van der Waals surface area contributed by atoms with Crippen LogP contribution in [0, 0.1) is 0 Å². The highest BCUT2D eigenvalue weighted by Gasteiger charge is 2.50. The molecule has 4 heterocycles. The van der Waals surface area contributed by atoms with Gasteiger partial charge in [-0.3, -0.25) is 9.78 Å². The van der Waals surface area contributed by atoms with Crippen LogP contribution in [-0.4, -0.2) is 67.5 Å². The van der Waals surface area contributed by atoms with Gasteiger partial charge in [-0.2, -0.15) is 0 Å². The number of anilines is 2. The first kappa shape index (κ1) is 19.3. The van der Waals surface area contributed by atoms with Crippen LogP contribution in [0.2, 0.25) is 0 Å². The lowest BCUT2D eigenvalue weighted by atomic mass is 9.91. The molecule has 1 aromatic carbocycles. The second-order valence-corrected chi connectivity index (χ2v) is 8.45. The van der Waals surface area contributed by atoms with Crippen LogP contribution in [0.1, 0.15) is 18.4 Å². The van der Waals surface area contributed by atoms with Crippen molar-refractivity contribution in [1.29, 1.82) is 0 Å². The Morgan fingerprint density at radius 1 is 1.07 bits per heavy atom. The number of nitrogens with zero attached hydrogens (tertiary/aromatic N) is 4. The molecule has 5 rings (SSSR count). The van der Waals surface area contributed by atoms with Crippen molar-refractivity contribution in [3.8, 4) is 0 Å². The number of carbonyl (C=O) groups excluding carboxylic acids is 1. The molecule has 0 bridgehead atoms. The molecule has 2 aromatic rings. The molecular formula is C23H28N4O3. The lowest BCUT2D eigenvalue weighted by Gasteiger charge is -2.39. The Labute approximate surface area is 177 Å². The second-order valence-electron chi connectivity index (χ2n) is 8.45. The average molecular weight is 409 g/mol. The topological polar surface area (TPSA) is 58.1 Å². The van der Waals surface area contributed by atoms with Crippen LogP contribution in [-0.2, 0) is 20.9 Å². The van der Waals surface area contributed by atoms with E-state index in [-0.39, 0.29) is 17.7 Å². The van der Waals surface area contributed by atoms with Crippen LogP contribution >= 0.6 is 0 Å². The van der Waals surface area contributed by atoms with E-state index in [9.17, 15) is 4.79 Å². The van der Waals surface area contributed by atoms with E-state index in [0.29, 0.717) is 26.2 Å². The van der Waals surface area contributed by atoms with Gasteiger partial charge in [0.1, 0.15) is 0 Å². The van der Waals surface area contributed by atoms with E-state index in [2.05, 4.69) is 51.2 Å². The van der Waals surface area contributed by atoms with E-state index >= 15 is 0 Å². The number of rotatable bonds is 4. The van der Waals surface area contributed by atoms with Crippen LogP contribution in [0.25, 0.3) is 0 Å². The van der Waals surface area contributed by atoms with Crippen molar-refractivity contribution in [2.45, 2.75) is 31.3 Å². The molecule has 7 nitrogen and oxygen atoms in total. The Hall–Kier alpha value is -2.64. The maximum atomic E-state index is 12.9. The molecule has 7 heteroatoms. The van der Waals surface area contributed by atoms with Gasteiger partial charge >= 0.3 is 0 Å². The summed E-state index contributed by atoms with van der Waals surface area (Å²) in [6.45, 7) is 4.29. The van der Waals surface area contributed by atoms with Gasteiger partial charge in [-0.05, 0) is 42.7 Å². The fourth-order valence-electron chi connectivity index (χ4n) is 4.86. The van der Waals surface area contributed by atoms with Gasteiger partial charge in [0.15, 0.2) is 6.23 Å². The van der Waals surface area contributed by atoms with Crippen molar-refractivity contribution in [2.24, 2.45) is 0 Å². The predicted molar refractivity (Wildman–Crippen MR) is 114 cm³/mol. The summed E-state index contributed by atoms with van der Waals surface area (Å²) in [4.78, 5) is 23.5. The minimum atomic E-state index is -0.220. The molecule has 1 atom stereocenters. The number of aromatic nitrogens is 1. The Bertz CT molecular complexity index is 881. The SMILES string of the molecule is COCc1ccc(N2CC(=O)N3CC4(CCN(c5ccncc5)CC4)OC3C2)cc1. The van der Waals surface area contributed by atoms with E-state index in [1.807, 2.05) is 17.3 Å². The van der Waals surface area contributed by atoms with Crippen molar-refractivity contribution in [3.05, 3.63) is 54.4 Å². The van der Waals surface area contributed by atoms with E-state index in [1.165, 1.54) is 5.69 Å². The van der Waals surface area contributed by atoms with Gasteiger partial charge in [0.2, 0.25) is 5.91 Å². The third-order valence-electron chi connectivity index (χ3n) is 6.53. The van der Waals surface area contributed by atoms with Crippen LogP contribution in [0.15, 0.2) is 48.8 Å². The maximum absolute atomic E-state index is 12.9. The fraction of sp³-hybridized carbons (Fsp3) is 0.478. The highest BCUT2D eigenvalue weighted by molar-refractivity contribution is 5.83. The lowest BCUT2D eigenvalue weighted by Crippen LogP contribution is -2.54. The van der Waals surface area contributed by atoms with Gasteiger partial charge in [0, 0.05) is 44.0 Å². The lowest BCUT2D eigenvalue weighted by molar-refractivity contribution is -0.138. The first-order valence-electron chi connectivity index (χ1n) is 10.6. The minimum absolute atomic E-state index is 0.153. The second kappa shape index (κ2) is 7.89. The van der Waals surface area contributed by atoms with E-state index in [0.717, 1.165) is 37.2 Å². The number of benzene rings is 1. The molecule has 158 valence electrons. The summed E-state index contributed by atoms with van der Waals surface area (Å²) < 4.78 is 11.8. The summed E-state index contributed by atoms with van der Waals surface area (Å²) in [5.74, 6) is 0.153. The Kier molecular flexibility index (Phi) is 5.08. The van der Waals surface area contributed by atoms with Gasteiger partial charge in [-0.25, -0.2) is 0 Å². The molecule has 1 aromatic heterocycles. The smallest absolute Gasteiger partial charge is 0.244 e.